The predicted octanol–water partition coefficient (Wildman–Crippen LogP) is 3.11. The monoisotopic (exact) mass is 288 g/mol. The number of nitrogens with zero attached hydrogens (tertiary/aromatic N) is 1. The smallest absolute Gasteiger partial charge is 0.159 e. The molecule has 0 saturated carbocycles. The maximum absolute atomic E-state index is 13.3. The second-order valence-electron chi connectivity index (χ2n) is 5.40. The van der Waals surface area contributed by atoms with Crippen LogP contribution in [0.25, 0.3) is 0 Å². The minimum absolute atomic E-state index is 0.283. The molecule has 0 spiro atoms. The molecule has 0 amide bonds. The van der Waals surface area contributed by atoms with Crippen LogP contribution in [0.1, 0.15) is 17.2 Å². The lowest BCUT2D eigenvalue weighted by Gasteiger charge is -2.34. The van der Waals surface area contributed by atoms with Gasteiger partial charge in [-0.15, -0.1) is 0 Å². The third kappa shape index (κ3) is 3.46. The molecule has 1 saturated heterocycles. The molecule has 2 aromatic rings. The molecule has 4 heteroatoms. The second kappa shape index (κ2) is 6.33. The molecule has 0 radical (unpaired) electrons. The van der Waals surface area contributed by atoms with E-state index in [0.29, 0.717) is 6.54 Å². The number of nitrogens with one attached hydrogen (secondary N) is 1. The summed E-state index contributed by atoms with van der Waals surface area (Å²) in [6.45, 7) is 3.30. The Labute approximate surface area is 123 Å². The fourth-order valence-corrected chi connectivity index (χ4v) is 2.76. The molecule has 1 aliphatic rings. The Hall–Kier alpha value is -1.78. The van der Waals surface area contributed by atoms with Gasteiger partial charge in [0.05, 0.1) is 0 Å². The number of hydrogen-bond donors (Lipinski definition) is 1. The minimum Gasteiger partial charge on any atom is -0.308 e. The van der Waals surface area contributed by atoms with E-state index < -0.39 is 11.6 Å². The zero-order valence-corrected chi connectivity index (χ0v) is 11.7. The van der Waals surface area contributed by atoms with Gasteiger partial charge in [0.2, 0.25) is 0 Å². The standard InChI is InChI=1S/C17H18F2N2/c18-15-7-6-13(10-16(15)19)11-21-9-8-20-17(12-21)14-4-2-1-3-5-14/h1-7,10,17,20H,8-9,11-12H2. The van der Waals surface area contributed by atoms with Gasteiger partial charge < -0.3 is 5.32 Å². The van der Waals surface area contributed by atoms with Crippen molar-refractivity contribution in [3.63, 3.8) is 0 Å². The summed E-state index contributed by atoms with van der Waals surface area (Å²) in [7, 11) is 0. The van der Waals surface area contributed by atoms with E-state index >= 15 is 0 Å². The third-order valence-electron chi connectivity index (χ3n) is 3.85. The van der Waals surface area contributed by atoms with Crippen LogP contribution in [0.15, 0.2) is 48.5 Å². The Balaban J connectivity index is 1.67. The van der Waals surface area contributed by atoms with Crippen LogP contribution in [0.4, 0.5) is 8.78 Å². The van der Waals surface area contributed by atoms with Gasteiger partial charge in [0.15, 0.2) is 11.6 Å². The van der Waals surface area contributed by atoms with E-state index in [1.54, 1.807) is 6.07 Å². The fraction of sp³-hybridized carbons (Fsp3) is 0.294. The zero-order chi connectivity index (χ0) is 14.7. The molecule has 1 heterocycles. The Kier molecular flexibility index (Phi) is 4.27. The highest BCUT2D eigenvalue weighted by atomic mass is 19.2. The molecule has 1 N–H and O–H groups in total. The summed E-state index contributed by atoms with van der Waals surface area (Å²) in [5.74, 6) is -1.57. The number of halogens is 2. The molecule has 2 aromatic carbocycles. The molecule has 1 fully saturated rings. The van der Waals surface area contributed by atoms with Crippen molar-refractivity contribution in [1.82, 2.24) is 10.2 Å². The summed E-state index contributed by atoms with van der Waals surface area (Å²) in [6, 6.07) is 14.7. The van der Waals surface area contributed by atoms with E-state index in [9.17, 15) is 8.78 Å². The van der Waals surface area contributed by atoms with Crippen molar-refractivity contribution < 1.29 is 8.78 Å². The van der Waals surface area contributed by atoms with Crippen molar-refractivity contribution in [2.75, 3.05) is 19.6 Å². The molecular formula is C17H18F2N2. The summed E-state index contributed by atoms with van der Waals surface area (Å²) in [4.78, 5) is 2.26. The van der Waals surface area contributed by atoms with Gasteiger partial charge in [-0.3, -0.25) is 4.90 Å². The van der Waals surface area contributed by atoms with Crippen LogP contribution in [-0.2, 0) is 6.54 Å². The zero-order valence-electron chi connectivity index (χ0n) is 11.7. The number of benzene rings is 2. The summed E-state index contributed by atoms with van der Waals surface area (Å²) in [6.07, 6.45) is 0. The maximum atomic E-state index is 13.3. The summed E-state index contributed by atoms with van der Waals surface area (Å²) >= 11 is 0. The Morgan fingerprint density at radius 1 is 1.05 bits per heavy atom. The molecule has 1 aliphatic heterocycles. The third-order valence-corrected chi connectivity index (χ3v) is 3.85. The number of piperazine rings is 1. The molecule has 110 valence electrons. The van der Waals surface area contributed by atoms with Crippen LogP contribution < -0.4 is 5.32 Å². The van der Waals surface area contributed by atoms with Crippen LogP contribution in [0, 0.1) is 11.6 Å². The molecule has 3 rings (SSSR count). The van der Waals surface area contributed by atoms with Crippen molar-refractivity contribution in [2.45, 2.75) is 12.6 Å². The van der Waals surface area contributed by atoms with Crippen molar-refractivity contribution in [1.29, 1.82) is 0 Å². The number of hydrogen-bond acceptors (Lipinski definition) is 2. The van der Waals surface area contributed by atoms with Gasteiger partial charge in [-0.2, -0.15) is 0 Å². The van der Waals surface area contributed by atoms with E-state index in [1.165, 1.54) is 17.7 Å². The van der Waals surface area contributed by atoms with E-state index in [0.717, 1.165) is 25.2 Å². The highest BCUT2D eigenvalue weighted by molar-refractivity contribution is 5.21. The average molecular weight is 288 g/mol. The first-order chi connectivity index (χ1) is 10.2. The molecule has 21 heavy (non-hydrogen) atoms. The first kappa shape index (κ1) is 14.2. The summed E-state index contributed by atoms with van der Waals surface area (Å²) < 4.78 is 26.2. The molecule has 0 aliphatic carbocycles. The molecule has 2 nitrogen and oxygen atoms in total. The quantitative estimate of drug-likeness (QED) is 0.933. The van der Waals surface area contributed by atoms with Crippen LogP contribution in [0.3, 0.4) is 0 Å². The highest BCUT2D eigenvalue weighted by Crippen LogP contribution is 2.19. The van der Waals surface area contributed by atoms with Gasteiger partial charge in [0.1, 0.15) is 0 Å². The largest absolute Gasteiger partial charge is 0.308 e. The van der Waals surface area contributed by atoms with Gasteiger partial charge >= 0.3 is 0 Å². The lowest BCUT2D eigenvalue weighted by molar-refractivity contribution is 0.193. The van der Waals surface area contributed by atoms with Crippen LogP contribution in [-0.4, -0.2) is 24.5 Å². The van der Waals surface area contributed by atoms with Crippen LogP contribution in [0.5, 0.6) is 0 Å². The van der Waals surface area contributed by atoms with Gasteiger partial charge in [-0.25, -0.2) is 8.78 Å². The lowest BCUT2D eigenvalue weighted by atomic mass is 10.0. The minimum atomic E-state index is -0.791. The summed E-state index contributed by atoms with van der Waals surface area (Å²) in [5, 5.41) is 3.50. The van der Waals surface area contributed by atoms with Crippen molar-refractivity contribution in [3.05, 3.63) is 71.3 Å². The van der Waals surface area contributed by atoms with Crippen molar-refractivity contribution in [3.8, 4) is 0 Å². The van der Waals surface area contributed by atoms with Crippen molar-refractivity contribution >= 4 is 0 Å². The molecule has 1 unspecified atom stereocenters. The second-order valence-corrected chi connectivity index (χ2v) is 5.40. The highest BCUT2D eigenvalue weighted by Gasteiger charge is 2.20. The molecule has 0 aromatic heterocycles. The van der Waals surface area contributed by atoms with E-state index in [1.807, 2.05) is 18.2 Å². The lowest BCUT2D eigenvalue weighted by Crippen LogP contribution is -2.45. The first-order valence-electron chi connectivity index (χ1n) is 7.17. The van der Waals surface area contributed by atoms with Gasteiger partial charge in [-0.1, -0.05) is 36.4 Å². The summed E-state index contributed by atoms with van der Waals surface area (Å²) in [5.41, 5.74) is 2.06. The number of rotatable bonds is 3. The first-order valence-corrected chi connectivity index (χ1v) is 7.17. The van der Waals surface area contributed by atoms with Crippen molar-refractivity contribution in [2.24, 2.45) is 0 Å². The predicted molar refractivity (Wildman–Crippen MR) is 78.8 cm³/mol. The fourth-order valence-electron chi connectivity index (χ4n) is 2.76. The van der Waals surface area contributed by atoms with E-state index in [-0.39, 0.29) is 6.04 Å². The molecular weight excluding hydrogens is 270 g/mol. The van der Waals surface area contributed by atoms with Crippen LogP contribution in [0.2, 0.25) is 0 Å². The van der Waals surface area contributed by atoms with Crippen LogP contribution >= 0.6 is 0 Å². The topological polar surface area (TPSA) is 15.3 Å². The van der Waals surface area contributed by atoms with E-state index in [4.69, 9.17) is 0 Å². The van der Waals surface area contributed by atoms with Gasteiger partial charge in [0, 0.05) is 32.2 Å². The molecule has 1 atom stereocenters. The Morgan fingerprint density at radius 3 is 2.62 bits per heavy atom. The Bertz CT molecular complexity index is 601. The maximum Gasteiger partial charge on any atom is 0.159 e. The Morgan fingerprint density at radius 2 is 1.86 bits per heavy atom. The SMILES string of the molecule is Fc1ccc(CN2CCNC(c3ccccc3)C2)cc1F. The van der Waals surface area contributed by atoms with Gasteiger partial charge in [0.25, 0.3) is 0 Å². The van der Waals surface area contributed by atoms with Gasteiger partial charge in [-0.05, 0) is 23.3 Å². The average Bonchev–Trinajstić information content (AvgIpc) is 2.52. The molecule has 0 bridgehead atoms. The normalized spacial score (nSPS) is 19.6. The van der Waals surface area contributed by atoms with E-state index in [2.05, 4.69) is 22.3 Å².